The molecule has 0 aliphatic heterocycles. The molecule has 0 fully saturated rings. The van der Waals surface area contributed by atoms with Gasteiger partial charge in [0.15, 0.2) is 6.10 Å². The van der Waals surface area contributed by atoms with Crippen molar-refractivity contribution in [2.45, 2.75) is 219 Å². The Bertz CT molecular complexity index is 954. The largest absolute Gasteiger partial charge is 0.756 e. The van der Waals surface area contributed by atoms with Crippen molar-refractivity contribution in [1.29, 1.82) is 0 Å². The van der Waals surface area contributed by atoms with Gasteiger partial charge >= 0.3 is 11.9 Å². The number of hydrogen-bond acceptors (Lipinski definition) is 8. The van der Waals surface area contributed by atoms with Gasteiger partial charge in [-0.3, -0.25) is 14.2 Å². The number of hydrogen-bond donors (Lipinski definition) is 0. The van der Waals surface area contributed by atoms with E-state index in [1.54, 1.807) is 0 Å². The lowest BCUT2D eigenvalue weighted by Crippen LogP contribution is -2.37. The second-order valence-corrected chi connectivity index (χ2v) is 18.2. The van der Waals surface area contributed by atoms with Gasteiger partial charge in [-0.25, -0.2) is 0 Å². The van der Waals surface area contributed by atoms with Crippen molar-refractivity contribution < 1.29 is 42.1 Å². The quantitative estimate of drug-likeness (QED) is 0.0197. The molecule has 0 spiro atoms. The van der Waals surface area contributed by atoms with Gasteiger partial charge in [-0.15, -0.1) is 0 Å². The fraction of sp³-hybridized carbons (Fsp3) is 0.911. The molecule has 0 bridgehead atoms. The minimum absolute atomic E-state index is 0.0280. The van der Waals surface area contributed by atoms with Gasteiger partial charge in [0.25, 0.3) is 7.82 Å². The number of ether oxygens (including phenoxy) is 2. The standard InChI is InChI=1S/C45H88NO8P/c1-6-8-10-12-14-16-18-20-21-22-23-24-25-26-28-30-32-34-36-38-45(48)54-43(42-53-55(49,50)52-40-39-46(3,4)5)41-51-44(47)37-35-33-31-29-27-19-17-15-13-11-9-7-2/h20-21,43H,6-19,22-42H2,1-5H3/b21-20-/t43-/m1/s1. The molecule has 0 radical (unpaired) electrons. The molecule has 0 rings (SSSR count). The van der Waals surface area contributed by atoms with Crippen LogP contribution in [0, 0.1) is 0 Å². The van der Waals surface area contributed by atoms with Crippen molar-refractivity contribution in [3.8, 4) is 0 Å². The number of carbonyl (C=O) groups is 2. The average molecular weight is 802 g/mol. The highest BCUT2D eigenvalue weighted by Gasteiger charge is 2.21. The minimum Gasteiger partial charge on any atom is -0.756 e. The van der Waals surface area contributed by atoms with Crippen LogP contribution in [0.1, 0.15) is 213 Å². The summed E-state index contributed by atoms with van der Waals surface area (Å²) in [6, 6.07) is 0. The molecule has 0 aromatic rings. The summed E-state index contributed by atoms with van der Waals surface area (Å²) in [5, 5.41) is 0. The molecule has 0 heterocycles. The van der Waals surface area contributed by atoms with Crippen LogP contribution in [0.3, 0.4) is 0 Å². The summed E-state index contributed by atoms with van der Waals surface area (Å²) in [5.41, 5.74) is 0. The Morgan fingerprint density at radius 3 is 1.35 bits per heavy atom. The molecule has 2 atom stereocenters. The zero-order valence-corrected chi connectivity index (χ0v) is 37.5. The number of carbonyl (C=O) groups excluding carboxylic acids is 2. The zero-order chi connectivity index (χ0) is 40.7. The molecule has 0 aliphatic carbocycles. The third kappa shape index (κ3) is 42.2. The zero-order valence-electron chi connectivity index (χ0n) is 36.6. The molecular formula is C45H88NO8P. The van der Waals surface area contributed by atoms with Gasteiger partial charge in [-0.1, -0.05) is 174 Å². The predicted octanol–water partition coefficient (Wildman–Crippen LogP) is 12.3. The van der Waals surface area contributed by atoms with Gasteiger partial charge in [0.2, 0.25) is 0 Å². The molecule has 55 heavy (non-hydrogen) atoms. The van der Waals surface area contributed by atoms with Crippen LogP contribution in [0.4, 0.5) is 0 Å². The van der Waals surface area contributed by atoms with E-state index >= 15 is 0 Å². The molecular weight excluding hydrogens is 713 g/mol. The average Bonchev–Trinajstić information content (AvgIpc) is 3.13. The molecule has 326 valence electrons. The lowest BCUT2D eigenvalue weighted by Gasteiger charge is -2.28. The van der Waals surface area contributed by atoms with Gasteiger partial charge in [0, 0.05) is 12.8 Å². The number of esters is 2. The van der Waals surface area contributed by atoms with E-state index in [1.165, 1.54) is 141 Å². The lowest BCUT2D eigenvalue weighted by molar-refractivity contribution is -0.870. The van der Waals surface area contributed by atoms with Crippen LogP contribution >= 0.6 is 7.82 Å². The summed E-state index contributed by atoms with van der Waals surface area (Å²) < 4.78 is 33.9. The summed E-state index contributed by atoms with van der Waals surface area (Å²) >= 11 is 0. The second-order valence-electron chi connectivity index (χ2n) is 16.8. The maximum absolute atomic E-state index is 12.7. The topological polar surface area (TPSA) is 111 Å². The number of rotatable bonds is 42. The second kappa shape index (κ2) is 38.3. The maximum Gasteiger partial charge on any atom is 0.306 e. The van der Waals surface area contributed by atoms with Crippen LogP contribution in [-0.4, -0.2) is 70.0 Å². The first-order chi connectivity index (χ1) is 26.5. The summed E-state index contributed by atoms with van der Waals surface area (Å²) in [5.74, 6) is -0.827. The van der Waals surface area contributed by atoms with Gasteiger partial charge in [0.1, 0.15) is 19.8 Å². The molecule has 9 nitrogen and oxygen atoms in total. The van der Waals surface area contributed by atoms with Crippen molar-refractivity contribution in [3.63, 3.8) is 0 Å². The van der Waals surface area contributed by atoms with E-state index in [4.69, 9.17) is 18.5 Å². The van der Waals surface area contributed by atoms with Crippen molar-refractivity contribution in [2.24, 2.45) is 0 Å². The van der Waals surface area contributed by atoms with Gasteiger partial charge in [0.05, 0.1) is 27.7 Å². The summed E-state index contributed by atoms with van der Waals surface area (Å²) in [4.78, 5) is 37.5. The Kier molecular flexibility index (Phi) is 37.4. The molecule has 0 saturated carbocycles. The van der Waals surface area contributed by atoms with Crippen LogP contribution in [0.15, 0.2) is 12.2 Å². The van der Waals surface area contributed by atoms with Gasteiger partial charge in [-0.05, 0) is 38.5 Å². The number of likely N-dealkylation sites (N-methyl/N-ethyl adjacent to an activating group) is 1. The molecule has 0 N–H and O–H groups in total. The first-order valence-electron chi connectivity index (χ1n) is 22.9. The number of allylic oxidation sites excluding steroid dienone is 2. The lowest BCUT2D eigenvalue weighted by atomic mass is 10.0. The van der Waals surface area contributed by atoms with E-state index in [0.717, 1.165) is 38.5 Å². The number of unbranched alkanes of at least 4 members (excludes halogenated alkanes) is 26. The summed E-state index contributed by atoms with van der Waals surface area (Å²) in [6.07, 6.45) is 39.5. The SMILES string of the molecule is CCCCCCCC/C=C\CCCCCCCCCCCC(=O)O[C@H](COC(=O)CCCCCCCCCCCCCC)COP(=O)([O-])OCC[N+](C)(C)C. The van der Waals surface area contributed by atoms with E-state index < -0.39 is 26.5 Å². The van der Waals surface area contributed by atoms with Crippen LogP contribution in [0.5, 0.6) is 0 Å². The molecule has 0 amide bonds. The Balaban J connectivity index is 4.28. The third-order valence-corrected chi connectivity index (χ3v) is 11.0. The van der Waals surface area contributed by atoms with Crippen molar-refractivity contribution >= 4 is 19.8 Å². The molecule has 1 unspecified atom stereocenters. The van der Waals surface area contributed by atoms with Crippen molar-refractivity contribution in [2.75, 3.05) is 47.5 Å². The molecule has 0 aliphatic rings. The Morgan fingerprint density at radius 1 is 0.545 bits per heavy atom. The van der Waals surface area contributed by atoms with E-state index in [9.17, 15) is 19.0 Å². The van der Waals surface area contributed by atoms with Crippen LogP contribution in [0.2, 0.25) is 0 Å². The molecule has 0 saturated heterocycles. The molecule has 0 aromatic heterocycles. The number of quaternary nitrogens is 1. The van der Waals surface area contributed by atoms with E-state index in [2.05, 4.69) is 26.0 Å². The van der Waals surface area contributed by atoms with Crippen LogP contribution in [-0.2, 0) is 32.7 Å². The minimum atomic E-state index is -4.62. The number of phosphoric ester groups is 1. The fourth-order valence-electron chi connectivity index (χ4n) is 6.41. The van der Waals surface area contributed by atoms with E-state index in [-0.39, 0.29) is 32.0 Å². The summed E-state index contributed by atoms with van der Waals surface area (Å²) in [6.45, 7) is 4.24. The third-order valence-electron chi connectivity index (χ3n) is 10.0. The van der Waals surface area contributed by atoms with Gasteiger partial charge in [-0.2, -0.15) is 0 Å². The molecule has 0 aromatic carbocycles. The van der Waals surface area contributed by atoms with Crippen molar-refractivity contribution in [3.05, 3.63) is 12.2 Å². The smallest absolute Gasteiger partial charge is 0.306 e. The predicted molar refractivity (Wildman–Crippen MR) is 227 cm³/mol. The van der Waals surface area contributed by atoms with Crippen LogP contribution < -0.4 is 4.89 Å². The Hall–Kier alpha value is -1.25. The first kappa shape index (κ1) is 53.8. The monoisotopic (exact) mass is 802 g/mol. The Morgan fingerprint density at radius 2 is 0.927 bits per heavy atom. The highest BCUT2D eigenvalue weighted by atomic mass is 31.2. The molecule has 10 heteroatoms. The fourth-order valence-corrected chi connectivity index (χ4v) is 7.14. The highest BCUT2D eigenvalue weighted by molar-refractivity contribution is 7.45. The highest BCUT2D eigenvalue weighted by Crippen LogP contribution is 2.38. The van der Waals surface area contributed by atoms with E-state index in [1.807, 2.05) is 21.1 Å². The van der Waals surface area contributed by atoms with Crippen molar-refractivity contribution in [1.82, 2.24) is 0 Å². The maximum atomic E-state index is 12.7. The Labute approximate surface area is 339 Å². The number of nitrogens with zero attached hydrogens (tertiary/aromatic N) is 1. The normalized spacial score (nSPS) is 13.6. The first-order valence-corrected chi connectivity index (χ1v) is 24.4. The summed E-state index contributed by atoms with van der Waals surface area (Å²) in [7, 11) is 1.17. The van der Waals surface area contributed by atoms with E-state index in [0.29, 0.717) is 17.4 Å². The number of phosphoric acid groups is 1. The van der Waals surface area contributed by atoms with Crippen LogP contribution in [0.25, 0.3) is 0 Å². The van der Waals surface area contributed by atoms with Gasteiger partial charge < -0.3 is 27.9 Å².